The number of benzene rings is 1. The number of aryl methyl sites for hydroxylation is 1. The zero-order valence-corrected chi connectivity index (χ0v) is 12.4. The Kier molecular flexibility index (Phi) is 3.76. The van der Waals surface area contributed by atoms with E-state index in [1.807, 2.05) is 4.90 Å². The summed E-state index contributed by atoms with van der Waals surface area (Å²) >= 11 is 0. The highest BCUT2D eigenvalue weighted by atomic mass is 16.2. The molecule has 2 heterocycles. The van der Waals surface area contributed by atoms with Crippen LogP contribution >= 0.6 is 0 Å². The molecular weight excluding hydrogens is 250 g/mol. The molecule has 1 unspecified atom stereocenters. The Morgan fingerprint density at radius 2 is 2.00 bits per heavy atom. The largest absolute Gasteiger partial charge is 0.340 e. The van der Waals surface area contributed by atoms with Crippen molar-refractivity contribution in [2.45, 2.75) is 19.4 Å². The van der Waals surface area contributed by atoms with Crippen LogP contribution in [-0.4, -0.2) is 55.5 Å². The number of likely N-dealkylation sites (N-methyl/N-ethyl adjacent to an activating group) is 1. The number of nitrogens with zero attached hydrogens (tertiary/aromatic N) is 2. The summed E-state index contributed by atoms with van der Waals surface area (Å²) < 4.78 is 0. The summed E-state index contributed by atoms with van der Waals surface area (Å²) in [6.07, 6.45) is 0. The fraction of sp³-hybridized carbons (Fsp3) is 0.562. The lowest BCUT2D eigenvalue weighted by Crippen LogP contribution is -2.50. The zero-order valence-electron chi connectivity index (χ0n) is 12.4. The molecule has 20 heavy (non-hydrogen) atoms. The van der Waals surface area contributed by atoms with Crippen molar-refractivity contribution in [1.82, 2.24) is 15.1 Å². The first-order chi connectivity index (χ1) is 9.66. The van der Waals surface area contributed by atoms with Gasteiger partial charge in [0.05, 0.1) is 5.92 Å². The summed E-state index contributed by atoms with van der Waals surface area (Å²) in [7, 11) is 2.11. The summed E-state index contributed by atoms with van der Waals surface area (Å²) in [4.78, 5) is 17.2. The van der Waals surface area contributed by atoms with Crippen LogP contribution in [0.2, 0.25) is 0 Å². The molecule has 1 aromatic carbocycles. The quantitative estimate of drug-likeness (QED) is 0.828. The second-order valence-electron chi connectivity index (χ2n) is 5.96. The molecule has 0 radical (unpaired) electrons. The van der Waals surface area contributed by atoms with Crippen LogP contribution in [-0.2, 0) is 11.3 Å². The van der Waals surface area contributed by atoms with E-state index >= 15 is 0 Å². The van der Waals surface area contributed by atoms with E-state index in [0.717, 1.165) is 39.3 Å². The number of fused-ring (bicyclic) bond motifs is 1. The van der Waals surface area contributed by atoms with Crippen LogP contribution in [0.3, 0.4) is 0 Å². The highest BCUT2D eigenvalue weighted by Gasteiger charge is 2.32. The van der Waals surface area contributed by atoms with Gasteiger partial charge in [0.25, 0.3) is 0 Å². The van der Waals surface area contributed by atoms with Crippen molar-refractivity contribution in [2.75, 3.05) is 39.8 Å². The molecule has 108 valence electrons. The van der Waals surface area contributed by atoms with E-state index < -0.39 is 0 Å². The average molecular weight is 273 g/mol. The van der Waals surface area contributed by atoms with Crippen LogP contribution in [0.1, 0.15) is 22.6 Å². The standard InChI is InChI=1S/C16H23N3O/c1-12-4-3-5-13-10-17-11-14(15(12)13)16(20)19-8-6-18(2)7-9-19/h3-5,14,17H,6-11H2,1-2H3. The number of nitrogens with one attached hydrogen (secondary N) is 1. The van der Waals surface area contributed by atoms with Gasteiger partial charge in [-0.15, -0.1) is 0 Å². The summed E-state index contributed by atoms with van der Waals surface area (Å²) in [5.74, 6) is 0.282. The minimum atomic E-state index is -0.0108. The Labute approximate surface area is 120 Å². The molecule has 2 aliphatic heterocycles. The monoisotopic (exact) mass is 273 g/mol. The van der Waals surface area contributed by atoms with E-state index in [1.54, 1.807) is 0 Å². The third kappa shape index (κ3) is 2.45. The number of carbonyl (C=O) groups is 1. The fourth-order valence-electron chi connectivity index (χ4n) is 3.31. The van der Waals surface area contributed by atoms with Gasteiger partial charge in [-0.05, 0) is 30.7 Å². The molecule has 0 spiro atoms. The van der Waals surface area contributed by atoms with Crippen LogP contribution in [0.25, 0.3) is 0 Å². The Hall–Kier alpha value is -1.39. The van der Waals surface area contributed by atoms with Gasteiger partial charge in [-0.2, -0.15) is 0 Å². The Morgan fingerprint density at radius 3 is 2.75 bits per heavy atom. The van der Waals surface area contributed by atoms with Crippen LogP contribution in [0.4, 0.5) is 0 Å². The van der Waals surface area contributed by atoms with Gasteiger partial charge in [-0.25, -0.2) is 0 Å². The maximum Gasteiger partial charge on any atom is 0.231 e. The third-order valence-electron chi connectivity index (χ3n) is 4.54. The minimum Gasteiger partial charge on any atom is -0.340 e. The van der Waals surface area contributed by atoms with Gasteiger partial charge in [0.1, 0.15) is 0 Å². The normalized spacial score (nSPS) is 23.5. The molecule has 1 atom stereocenters. The van der Waals surface area contributed by atoms with Gasteiger partial charge in [-0.1, -0.05) is 18.2 Å². The van der Waals surface area contributed by atoms with Crippen molar-refractivity contribution in [3.05, 3.63) is 34.9 Å². The molecule has 4 nitrogen and oxygen atoms in total. The second-order valence-corrected chi connectivity index (χ2v) is 5.96. The first-order valence-electron chi connectivity index (χ1n) is 7.43. The second kappa shape index (κ2) is 5.54. The fourth-order valence-corrected chi connectivity index (χ4v) is 3.31. The van der Waals surface area contributed by atoms with Gasteiger partial charge in [0.2, 0.25) is 5.91 Å². The van der Waals surface area contributed by atoms with E-state index in [-0.39, 0.29) is 5.92 Å². The van der Waals surface area contributed by atoms with Crippen LogP contribution in [0.15, 0.2) is 18.2 Å². The Bertz CT molecular complexity index is 506. The maximum absolute atomic E-state index is 12.8. The van der Waals surface area contributed by atoms with E-state index in [2.05, 4.69) is 42.4 Å². The molecule has 3 rings (SSSR count). The van der Waals surface area contributed by atoms with Gasteiger partial charge in [0, 0.05) is 39.3 Å². The number of carbonyl (C=O) groups excluding carboxylic acids is 1. The summed E-state index contributed by atoms with van der Waals surface area (Å²) in [5, 5.41) is 3.39. The number of hydrogen-bond donors (Lipinski definition) is 1. The molecule has 1 amide bonds. The van der Waals surface area contributed by atoms with Crippen LogP contribution < -0.4 is 5.32 Å². The summed E-state index contributed by atoms with van der Waals surface area (Å²) in [5.41, 5.74) is 3.79. The van der Waals surface area contributed by atoms with Crippen molar-refractivity contribution in [3.8, 4) is 0 Å². The number of amides is 1. The lowest BCUT2D eigenvalue weighted by atomic mass is 9.86. The van der Waals surface area contributed by atoms with Crippen LogP contribution in [0, 0.1) is 6.92 Å². The molecule has 1 N–H and O–H groups in total. The van der Waals surface area contributed by atoms with Crippen molar-refractivity contribution < 1.29 is 4.79 Å². The van der Waals surface area contributed by atoms with E-state index in [1.165, 1.54) is 16.7 Å². The SMILES string of the molecule is Cc1cccc2c1C(C(=O)N1CCN(C)CC1)CNC2. The Balaban J connectivity index is 1.83. The van der Waals surface area contributed by atoms with E-state index in [0.29, 0.717) is 5.91 Å². The lowest BCUT2D eigenvalue weighted by Gasteiger charge is -2.36. The van der Waals surface area contributed by atoms with Gasteiger partial charge < -0.3 is 15.1 Å². The molecule has 1 aromatic rings. The molecule has 1 fully saturated rings. The topological polar surface area (TPSA) is 35.6 Å². The highest BCUT2D eigenvalue weighted by molar-refractivity contribution is 5.85. The summed E-state index contributed by atoms with van der Waals surface area (Å²) in [6.45, 7) is 7.43. The lowest BCUT2D eigenvalue weighted by molar-refractivity contribution is -0.134. The third-order valence-corrected chi connectivity index (χ3v) is 4.54. The zero-order chi connectivity index (χ0) is 14.1. The number of rotatable bonds is 1. The molecule has 0 bridgehead atoms. The van der Waals surface area contributed by atoms with Gasteiger partial charge >= 0.3 is 0 Å². The van der Waals surface area contributed by atoms with Gasteiger partial charge in [0.15, 0.2) is 0 Å². The molecule has 4 heteroatoms. The predicted octanol–water partition coefficient (Wildman–Crippen LogP) is 0.956. The first-order valence-corrected chi connectivity index (χ1v) is 7.43. The maximum atomic E-state index is 12.8. The molecule has 1 saturated heterocycles. The van der Waals surface area contributed by atoms with Crippen molar-refractivity contribution in [1.29, 1.82) is 0 Å². The van der Waals surface area contributed by atoms with Crippen LogP contribution in [0.5, 0.6) is 0 Å². The number of hydrogen-bond acceptors (Lipinski definition) is 3. The smallest absolute Gasteiger partial charge is 0.231 e. The van der Waals surface area contributed by atoms with E-state index in [4.69, 9.17) is 0 Å². The molecule has 0 saturated carbocycles. The summed E-state index contributed by atoms with van der Waals surface area (Å²) in [6, 6.07) is 6.34. The highest BCUT2D eigenvalue weighted by Crippen LogP contribution is 2.29. The predicted molar refractivity (Wildman–Crippen MR) is 79.7 cm³/mol. The molecule has 2 aliphatic rings. The minimum absolute atomic E-state index is 0.0108. The molecule has 0 aromatic heterocycles. The van der Waals surface area contributed by atoms with Crippen molar-refractivity contribution in [2.24, 2.45) is 0 Å². The molecular formula is C16H23N3O. The van der Waals surface area contributed by atoms with Crippen molar-refractivity contribution >= 4 is 5.91 Å². The van der Waals surface area contributed by atoms with Crippen molar-refractivity contribution in [3.63, 3.8) is 0 Å². The molecule has 0 aliphatic carbocycles. The Morgan fingerprint density at radius 1 is 1.25 bits per heavy atom. The first kappa shape index (κ1) is 13.6. The van der Waals surface area contributed by atoms with E-state index in [9.17, 15) is 4.79 Å². The van der Waals surface area contributed by atoms with Gasteiger partial charge in [-0.3, -0.25) is 4.79 Å². The average Bonchev–Trinajstić information content (AvgIpc) is 2.47. The number of piperazine rings is 1.